The molecule has 132 valence electrons. The van der Waals surface area contributed by atoms with Crippen LogP contribution in [0.5, 0.6) is 11.5 Å². The van der Waals surface area contributed by atoms with Crippen molar-refractivity contribution in [2.75, 3.05) is 19.8 Å². The molecule has 0 aliphatic heterocycles. The van der Waals surface area contributed by atoms with E-state index in [4.69, 9.17) is 14.6 Å². The Bertz CT molecular complexity index is 569. The van der Waals surface area contributed by atoms with Gasteiger partial charge in [-0.3, -0.25) is 9.59 Å². The molecule has 0 unspecified atom stereocenters. The van der Waals surface area contributed by atoms with Crippen molar-refractivity contribution in [3.05, 3.63) is 29.8 Å². The highest BCUT2D eigenvalue weighted by molar-refractivity contribution is 5.92. The van der Waals surface area contributed by atoms with Crippen LogP contribution in [0.4, 0.5) is 0 Å². The number of unbranched alkanes of at least 4 members (excludes halogenated alkanes) is 1. The molecule has 0 bridgehead atoms. The number of hydrogen-bond acceptors (Lipinski definition) is 4. The summed E-state index contributed by atoms with van der Waals surface area (Å²) in [5.74, 6) is 0.0483. The van der Waals surface area contributed by atoms with Crippen molar-refractivity contribution in [2.45, 2.75) is 33.1 Å². The van der Waals surface area contributed by atoms with Gasteiger partial charge in [0.2, 0.25) is 5.91 Å². The van der Waals surface area contributed by atoms with Gasteiger partial charge in [0.05, 0.1) is 19.6 Å². The number of nitrogens with one attached hydrogen (secondary N) is 1. The second-order valence-corrected chi connectivity index (χ2v) is 5.11. The van der Waals surface area contributed by atoms with Crippen LogP contribution in [0.2, 0.25) is 0 Å². The largest absolute Gasteiger partial charge is 0.490 e. The predicted molar refractivity (Wildman–Crippen MR) is 92.3 cm³/mol. The number of carboxylic acids is 1. The first-order chi connectivity index (χ1) is 11.6. The molecule has 1 amide bonds. The third kappa shape index (κ3) is 7.67. The Hall–Kier alpha value is -2.50. The summed E-state index contributed by atoms with van der Waals surface area (Å²) in [6, 6.07) is 5.47. The number of hydrogen-bond donors (Lipinski definition) is 2. The van der Waals surface area contributed by atoms with E-state index in [9.17, 15) is 9.59 Å². The van der Waals surface area contributed by atoms with Gasteiger partial charge in [-0.2, -0.15) is 0 Å². The van der Waals surface area contributed by atoms with Crippen molar-refractivity contribution in [3.63, 3.8) is 0 Å². The summed E-state index contributed by atoms with van der Waals surface area (Å²) in [5, 5.41) is 11.0. The molecule has 0 saturated heterocycles. The lowest BCUT2D eigenvalue weighted by Gasteiger charge is -2.12. The molecule has 0 atom stereocenters. The van der Waals surface area contributed by atoms with E-state index in [0.717, 1.165) is 18.4 Å². The van der Waals surface area contributed by atoms with Crippen molar-refractivity contribution in [1.29, 1.82) is 0 Å². The topological polar surface area (TPSA) is 84.9 Å². The smallest absolute Gasteiger partial charge is 0.305 e. The minimum absolute atomic E-state index is 0.0993. The maximum atomic E-state index is 11.6. The molecule has 1 aromatic carbocycles. The molecule has 0 aliphatic carbocycles. The average Bonchev–Trinajstić information content (AvgIpc) is 2.54. The van der Waals surface area contributed by atoms with Crippen LogP contribution in [0.15, 0.2) is 24.3 Å². The van der Waals surface area contributed by atoms with Crippen molar-refractivity contribution in [3.8, 4) is 11.5 Å². The number of rotatable bonds is 11. The van der Waals surface area contributed by atoms with Gasteiger partial charge in [-0.25, -0.2) is 0 Å². The maximum Gasteiger partial charge on any atom is 0.305 e. The van der Waals surface area contributed by atoms with Gasteiger partial charge in [0.15, 0.2) is 11.5 Å². The molecule has 0 radical (unpaired) electrons. The molecule has 0 spiro atoms. The summed E-state index contributed by atoms with van der Waals surface area (Å²) in [6.07, 6.45) is 4.95. The highest BCUT2D eigenvalue weighted by Crippen LogP contribution is 2.29. The number of aliphatic carboxylic acids is 1. The molecule has 1 aromatic rings. The van der Waals surface area contributed by atoms with Gasteiger partial charge in [-0.15, -0.1) is 0 Å². The molecular formula is C18H25NO5. The van der Waals surface area contributed by atoms with Crippen molar-refractivity contribution in [2.24, 2.45) is 0 Å². The van der Waals surface area contributed by atoms with E-state index in [1.54, 1.807) is 6.08 Å². The number of ether oxygens (including phenoxy) is 2. The van der Waals surface area contributed by atoms with Crippen LogP contribution in [0.3, 0.4) is 0 Å². The fourth-order valence-electron chi connectivity index (χ4n) is 1.87. The number of benzene rings is 1. The molecule has 2 N–H and O–H groups in total. The van der Waals surface area contributed by atoms with Gasteiger partial charge in [0.1, 0.15) is 0 Å². The second kappa shape index (κ2) is 11.1. The third-order valence-electron chi connectivity index (χ3n) is 3.09. The Morgan fingerprint density at radius 1 is 1.21 bits per heavy atom. The normalized spacial score (nSPS) is 10.6. The summed E-state index contributed by atoms with van der Waals surface area (Å²) < 4.78 is 11.3. The molecule has 1 rings (SSSR count). The average molecular weight is 335 g/mol. The van der Waals surface area contributed by atoms with E-state index in [-0.39, 0.29) is 18.9 Å². The van der Waals surface area contributed by atoms with Gasteiger partial charge in [-0.05, 0) is 37.1 Å². The van der Waals surface area contributed by atoms with E-state index in [1.807, 2.05) is 25.1 Å². The van der Waals surface area contributed by atoms with Crippen LogP contribution >= 0.6 is 0 Å². The zero-order valence-electron chi connectivity index (χ0n) is 14.2. The molecule has 0 saturated carbocycles. The van der Waals surface area contributed by atoms with E-state index in [1.165, 1.54) is 6.08 Å². The first-order valence-corrected chi connectivity index (χ1v) is 8.14. The van der Waals surface area contributed by atoms with Gasteiger partial charge < -0.3 is 19.9 Å². The minimum atomic E-state index is -0.945. The van der Waals surface area contributed by atoms with Gasteiger partial charge in [-0.1, -0.05) is 19.4 Å². The SMILES string of the molecule is CCCCOc1ccc(/C=C/C(=O)NCCC(=O)O)cc1OCC. The third-order valence-corrected chi connectivity index (χ3v) is 3.09. The zero-order valence-corrected chi connectivity index (χ0v) is 14.2. The standard InChI is InChI=1S/C18H25NO5/c1-3-5-12-24-15-8-6-14(13-16(15)23-4-2)7-9-17(20)19-11-10-18(21)22/h6-9,13H,3-5,10-12H2,1-2H3,(H,19,20)(H,21,22)/b9-7+. The van der Waals surface area contributed by atoms with Gasteiger partial charge in [0.25, 0.3) is 0 Å². The van der Waals surface area contributed by atoms with E-state index in [0.29, 0.717) is 24.7 Å². The molecule has 0 fully saturated rings. The van der Waals surface area contributed by atoms with E-state index < -0.39 is 5.97 Å². The summed E-state index contributed by atoms with van der Waals surface area (Å²) in [4.78, 5) is 22.0. The lowest BCUT2D eigenvalue weighted by molar-refractivity contribution is -0.136. The summed E-state index contributed by atoms with van der Waals surface area (Å²) in [6.45, 7) is 5.26. The van der Waals surface area contributed by atoms with Crippen LogP contribution in [-0.2, 0) is 9.59 Å². The Balaban J connectivity index is 2.67. The minimum Gasteiger partial charge on any atom is -0.490 e. The molecular weight excluding hydrogens is 310 g/mol. The lowest BCUT2D eigenvalue weighted by Crippen LogP contribution is -2.23. The fraction of sp³-hybridized carbons (Fsp3) is 0.444. The summed E-state index contributed by atoms with van der Waals surface area (Å²) >= 11 is 0. The van der Waals surface area contributed by atoms with Crippen LogP contribution in [0.1, 0.15) is 38.7 Å². The van der Waals surface area contributed by atoms with Crippen LogP contribution in [0.25, 0.3) is 6.08 Å². The highest BCUT2D eigenvalue weighted by Gasteiger charge is 2.06. The molecule has 0 heterocycles. The molecule has 24 heavy (non-hydrogen) atoms. The molecule has 0 aliphatic rings. The van der Waals surface area contributed by atoms with Crippen LogP contribution < -0.4 is 14.8 Å². The van der Waals surface area contributed by atoms with E-state index in [2.05, 4.69) is 12.2 Å². The van der Waals surface area contributed by atoms with Crippen molar-refractivity contribution < 1.29 is 24.2 Å². The quantitative estimate of drug-likeness (QED) is 0.480. The highest BCUT2D eigenvalue weighted by atomic mass is 16.5. The first kappa shape index (κ1) is 19.5. The number of carbonyl (C=O) groups excluding carboxylic acids is 1. The molecule has 6 nitrogen and oxygen atoms in total. The molecule has 0 aromatic heterocycles. The number of amides is 1. The van der Waals surface area contributed by atoms with Crippen molar-refractivity contribution >= 4 is 18.0 Å². The number of carbonyl (C=O) groups is 2. The summed E-state index contributed by atoms with van der Waals surface area (Å²) in [5.41, 5.74) is 0.801. The van der Waals surface area contributed by atoms with Gasteiger partial charge >= 0.3 is 5.97 Å². The Morgan fingerprint density at radius 2 is 2.00 bits per heavy atom. The monoisotopic (exact) mass is 335 g/mol. The van der Waals surface area contributed by atoms with Gasteiger partial charge in [0, 0.05) is 12.6 Å². The Morgan fingerprint density at radius 3 is 2.67 bits per heavy atom. The van der Waals surface area contributed by atoms with Crippen LogP contribution in [-0.4, -0.2) is 36.7 Å². The van der Waals surface area contributed by atoms with E-state index >= 15 is 0 Å². The predicted octanol–water partition coefficient (Wildman–Crippen LogP) is 2.87. The second-order valence-electron chi connectivity index (χ2n) is 5.11. The fourth-order valence-corrected chi connectivity index (χ4v) is 1.87. The van der Waals surface area contributed by atoms with Crippen LogP contribution in [0, 0.1) is 0 Å². The Kier molecular flexibility index (Phi) is 9.04. The Labute approximate surface area is 142 Å². The van der Waals surface area contributed by atoms with Crippen molar-refractivity contribution in [1.82, 2.24) is 5.32 Å². The first-order valence-electron chi connectivity index (χ1n) is 8.14. The number of carboxylic acid groups (broad SMARTS) is 1. The maximum absolute atomic E-state index is 11.6. The molecule has 6 heteroatoms. The summed E-state index contributed by atoms with van der Waals surface area (Å²) in [7, 11) is 0. The zero-order chi connectivity index (χ0) is 17.8. The lowest BCUT2D eigenvalue weighted by atomic mass is 10.2.